The first-order valence-corrected chi connectivity index (χ1v) is 7.89. The second-order valence-corrected chi connectivity index (χ2v) is 7.12. The molecule has 0 aromatic rings. The zero-order chi connectivity index (χ0) is 13.8. The van der Waals surface area contributed by atoms with Gasteiger partial charge in [-0.25, -0.2) is 0 Å². The Morgan fingerprint density at radius 1 is 1.17 bits per heavy atom. The van der Waals surface area contributed by atoms with E-state index in [0.29, 0.717) is 12.1 Å². The number of rotatable bonds is 4. The first-order chi connectivity index (χ1) is 8.40. The maximum Gasteiger partial charge on any atom is 0.0295 e. The molecule has 1 saturated heterocycles. The van der Waals surface area contributed by atoms with Gasteiger partial charge in [0, 0.05) is 12.1 Å². The average Bonchev–Trinajstić information content (AvgIpc) is 2.52. The smallest absolute Gasteiger partial charge is 0.0295 e. The molecule has 0 amide bonds. The lowest BCUT2D eigenvalue weighted by Crippen LogP contribution is -2.54. The Bertz CT molecular complexity index is 232. The van der Waals surface area contributed by atoms with Crippen molar-refractivity contribution in [1.82, 2.24) is 4.90 Å². The van der Waals surface area contributed by atoms with E-state index >= 15 is 0 Å². The Labute approximate surface area is 114 Å². The minimum absolute atomic E-state index is 0.279. The summed E-state index contributed by atoms with van der Waals surface area (Å²) < 4.78 is 0. The lowest BCUT2D eigenvalue weighted by molar-refractivity contribution is 0.0782. The molecule has 2 nitrogen and oxygen atoms in total. The van der Waals surface area contributed by atoms with Crippen molar-refractivity contribution in [2.24, 2.45) is 17.1 Å². The molecule has 1 heterocycles. The molecular formula is C16H34N2. The first kappa shape index (κ1) is 16.0. The standard InChI is InChI=1S/C16H34N2/c1-6-13-9-8-11-18(12-10-13)15(14(17)7-2)16(3,4)5/h13-15H,6-12,17H2,1-5H3. The third-order valence-corrected chi connectivity index (χ3v) is 4.62. The fourth-order valence-electron chi connectivity index (χ4n) is 3.56. The van der Waals surface area contributed by atoms with Crippen molar-refractivity contribution in [2.45, 2.75) is 78.8 Å². The van der Waals surface area contributed by atoms with Gasteiger partial charge >= 0.3 is 0 Å². The molecular weight excluding hydrogens is 220 g/mol. The normalized spacial score (nSPS) is 26.7. The predicted molar refractivity (Wildman–Crippen MR) is 80.7 cm³/mol. The summed E-state index contributed by atoms with van der Waals surface area (Å²) in [6.45, 7) is 14.1. The summed E-state index contributed by atoms with van der Waals surface area (Å²) >= 11 is 0. The first-order valence-electron chi connectivity index (χ1n) is 7.89. The van der Waals surface area contributed by atoms with E-state index in [9.17, 15) is 0 Å². The van der Waals surface area contributed by atoms with E-state index in [0.717, 1.165) is 12.3 Å². The van der Waals surface area contributed by atoms with Crippen LogP contribution in [0, 0.1) is 11.3 Å². The molecule has 1 aliphatic heterocycles. The van der Waals surface area contributed by atoms with Crippen LogP contribution in [-0.4, -0.2) is 30.1 Å². The van der Waals surface area contributed by atoms with Crippen LogP contribution in [0.5, 0.6) is 0 Å². The topological polar surface area (TPSA) is 29.3 Å². The van der Waals surface area contributed by atoms with Crippen molar-refractivity contribution in [2.75, 3.05) is 13.1 Å². The average molecular weight is 254 g/mol. The summed E-state index contributed by atoms with van der Waals surface area (Å²) in [4.78, 5) is 2.68. The van der Waals surface area contributed by atoms with E-state index < -0.39 is 0 Å². The van der Waals surface area contributed by atoms with Gasteiger partial charge in [-0.3, -0.25) is 4.90 Å². The van der Waals surface area contributed by atoms with E-state index in [1.165, 1.54) is 38.8 Å². The number of nitrogens with two attached hydrogens (primary N) is 1. The molecule has 0 radical (unpaired) electrons. The van der Waals surface area contributed by atoms with Crippen LogP contribution in [0.1, 0.15) is 66.7 Å². The highest BCUT2D eigenvalue weighted by atomic mass is 15.2. The van der Waals surface area contributed by atoms with Gasteiger partial charge in [0.2, 0.25) is 0 Å². The molecule has 0 saturated carbocycles. The number of nitrogens with zero attached hydrogens (tertiary/aromatic N) is 1. The highest BCUT2D eigenvalue weighted by Gasteiger charge is 2.35. The summed E-state index contributed by atoms with van der Waals surface area (Å²) in [6.07, 6.45) is 6.54. The quantitative estimate of drug-likeness (QED) is 0.830. The van der Waals surface area contributed by atoms with Crippen LogP contribution < -0.4 is 5.73 Å². The van der Waals surface area contributed by atoms with Crippen LogP contribution in [0.2, 0.25) is 0 Å². The van der Waals surface area contributed by atoms with Crippen LogP contribution in [0.15, 0.2) is 0 Å². The third kappa shape index (κ3) is 4.24. The molecule has 0 aromatic carbocycles. The maximum absolute atomic E-state index is 6.41. The van der Waals surface area contributed by atoms with Crippen molar-refractivity contribution in [3.8, 4) is 0 Å². The predicted octanol–water partition coefficient (Wildman–Crippen LogP) is 3.65. The molecule has 1 aliphatic rings. The number of likely N-dealkylation sites (tertiary alicyclic amines) is 1. The highest BCUT2D eigenvalue weighted by Crippen LogP contribution is 2.31. The van der Waals surface area contributed by atoms with Crippen molar-refractivity contribution in [3.05, 3.63) is 0 Å². The van der Waals surface area contributed by atoms with Crippen LogP contribution in [0.4, 0.5) is 0 Å². The summed E-state index contributed by atoms with van der Waals surface area (Å²) in [6, 6.07) is 0.835. The van der Waals surface area contributed by atoms with Crippen molar-refractivity contribution in [3.63, 3.8) is 0 Å². The monoisotopic (exact) mass is 254 g/mol. The molecule has 0 aromatic heterocycles. The lowest BCUT2D eigenvalue weighted by Gasteiger charge is -2.43. The van der Waals surface area contributed by atoms with Gasteiger partial charge in [-0.2, -0.15) is 0 Å². The van der Waals surface area contributed by atoms with Gasteiger partial charge in [-0.1, -0.05) is 41.0 Å². The van der Waals surface area contributed by atoms with Gasteiger partial charge < -0.3 is 5.73 Å². The molecule has 2 heteroatoms. The second kappa shape index (κ2) is 6.91. The Morgan fingerprint density at radius 3 is 2.33 bits per heavy atom. The van der Waals surface area contributed by atoms with Gasteiger partial charge in [0.05, 0.1) is 0 Å². The molecule has 0 aliphatic carbocycles. The Morgan fingerprint density at radius 2 is 1.83 bits per heavy atom. The zero-order valence-electron chi connectivity index (χ0n) is 13.2. The fourth-order valence-corrected chi connectivity index (χ4v) is 3.56. The second-order valence-electron chi connectivity index (χ2n) is 7.12. The van der Waals surface area contributed by atoms with Crippen molar-refractivity contribution < 1.29 is 0 Å². The summed E-state index contributed by atoms with van der Waals surface area (Å²) in [5.41, 5.74) is 6.69. The van der Waals surface area contributed by atoms with E-state index in [2.05, 4.69) is 39.5 Å². The van der Waals surface area contributed by atoms with Crippen LogP contribution >= 0.6 is 0 Å². The van der Waals surface area contributed by atoms with E-state index in [1.54, 1.807) is 0 Å². The Hall–Kier alpha value is -0.0800. The van der Waals surface area contributed by atoms with Gasteiger partial charge in [0.25, 0.3) is 0 Å². The lowest BCUT2D eigenvalue weighted by atomic mass is 9.80. The minimum Gasteiger partial charge on any atom is -0.326 e. The fraction of sp³-hybridized carbons (Fsp3) is 1.00. The van der Waals surface area contributed by atoms with Gasteiger partial charge in [-0.05, 0) is 50.1 Å². The van der Waals surface area contributed by atoms with E-state index in [-0.39, 0.29) is 5.41 Å². The molecule has 18 heavy (non-hydrogen) atoms. The third-order valence-electron chi connectivity index (χ3n) is 4.62. The van der Waals surface area contributed by atoms with Crippen LogP contribution in [0.25, 0.3) is 0 Å². The molecule has 108 valence electrons. The van der Waals surface area contributed by atoms with Gasteiger partial charge in [-0.15, -0.1) is 0 Å². The molecule has 0 bridgehead atoms. The highest BCUT2D eigenvalue weighted by molar-refractivity contribution is 4.91. The number of hydrogen-bond acceptors (Lipinski definition) is 2. The molecule has 0 spiro atoms. The maximum atomic E-state index is 6.41. The Kier molecular flexibility index (Phi) is 6.13. The summed E-state index contributed by atoms with van der Waals surface area (Å²) in [5, 5.41) is 0. The van der Waals surface area contributed by atoms with E-state index in [4.69, 9.17) is 5.73 Å². The summed E-state index contributed by atoms with van der Waals surface area (Å²) in [7, 11) is 0. The van der Waals surface area contributed by atoms with Crippen LogP contribution in [-0.2, 0) is 0 Å². The molecule has 2 N–H and O–H groups in total. The minimum atomic E-state index is 0.279. The molecule has 3 unspecified atom stereocenters. The van der Waals surface area contributed by atoms with Crippen molar-refractivity contribution >= 4 is 0 Å². The SMILES string of the molecule is CCC1CCCN(C(C(N)CC)C(C)(C)C)CC1. The van der Waals surface area contributed by atoms with Crippen LogP contribution in [0.3, 0.4) is 0 Å². The Balaban J connectivity index is 2.73. The zero-order valence-corrected chi connectivity index (χ0v) is 13.2. The number of hydrogen-bond donors (Lipinski definition) is 1. The molecule has 1 rings (SSSR count). The van der Waals surface area contributed by atoms with Gasteiger partial charge in [0.15, 0.2) is 0 Å². The van der Waals surface area contributed by atoms with Gasteiger partial charge in [0.1, 0.15) is 0 Å². The molecule has 3 atom stereocenters. The van der Waals surface area contributed by atoms with Crippen molar-refractivity contribution in [1.29, 1.82) is 0 Å². The van der Waals surface area contributed by atoms with E-state index in [1.807, 2.05) is 0 Å². The largest absolute Gasteiger partial charge is 0.326 e. The molecule has 1 fully saturated rings. The summed E-state index contributed by atoms with van der Waals surface area (Å²) in [5.74, 6) is 0.938.